The van der Waals surface area contributed by atoms with Gasteiger partial charge in [0.1, 0.15) is 35.7 Å². The Morgan fingerprint density at radius 3 is 1.41 bits per heavy atom. The Morgan fingerprint density at radius 1 is 0.733 bits per heavy atom. The number of carboxylic acid groups (broad SMARTS) is 2. The minimum Gasteiger partial charge on any atom is -0.478 e. The standard InChI is InChI=1S/C18H25N9O10S2.C17H23N7O10S2/c1-18(2,14(30)31)37-25-10(8-6-38-16(21)23-8)12(28)24-11-9(27(13(11)29)39(33,34)35)5-26-4-7(36-17(26)32)3-22-15(19)20;1-17(2,14(27)28)34-22-10(8-6-35-15(19)20-8)12(25)21-11-9(24(13(11)26)36(30,31)32)5-23-4-7(3-18)33-16(23)29/h6-7,9,11H,3-5H2,1-2H3,(H2,21,23)(H,24,28)(H,30,31)(H4,19,20,22)(H,33,34,35);6-7,9,11H,3-5,18H2,1-2H3,(H2,19,20)(H,21,25)(H,27,28)(H,30,31,32)/b25-10-;22-10-/t2*7-,9-,11+/m11/s1. The third-order valence-electron chi connectivity index (χ3n) is 10.6. The average molecular weight is 1140 g/mol. The minimum absolute atomic E-state index is 0.00268. The van der Waals surface area contributed by atoms with Gasteiger partial charge in [-0.3, -0.25) is 28.3 Å². The smallest absolute Gasteiger partial charge is 0.410 e. The first-order chi connectivity index (χ1) is 34.7. The lowest BCUT2D eigenvalue weighted by Gasteiger charge is -2.45. The van der Waals surface area contributed by atoms with E-state index in [4.69, 9.17) is 47.8 Å². The van der Waals surface area contributed by atoms with E-state index < -0.39 is 140 Å². The second kappa shape index (κ2) is 22.4. The molecule has 4 aliphatic rings. The first-order valence-electron chi connectivity index (χ1n) is 21.0. The van der Waals surface area contributed by atoms with Crippen LogP contribution in [0.15, 0.2) is 26.1 Å². The van der Waals surface area contributed by atoms with E-state index in [2.05, 4.69) is 35.9 Å². The van der Waals surface area contributed by atoms with E-state index in [0.29, 0.717) is 0 Å². The molecule has 0 aliphatic carbocycles. The number of aliphatic imine (C=N–C) groups is 1. The molecule has 0 bridgehead atoms. The van der Waals surface area contributed by atoms with Crippen LogP contribution >= 0.6 is 22.7 Å². The number of hydrogen-bond donors (Lipinski definition) is 11. The maximum Gasteiger partial charge on any atom is 0.410 e. The molecule has 2 aromatic heterocycles. The largest absolute Gasteiger partial charge is 0.478 e. The van der Waals surface area contributed by atoms with E-state index in [1.807, 2.05) is 0 Å². The molecular weight excluding hydrogens is 1090 g/mol. The molecule has 36 nitrogen and oxygen atoms in total. The fourth-order valence-corrected chi connectivity index (χ4v) is 9.46. The highest BCUT2D eigenvalue weighted by atomic mass is 32.2. The van der Waals surface area contributed by atoms with Crippen LogP contribution in [0.4, 0.5) is 19.9 Å². The lowest BCUT2D eigenvalue weighted by molar-refractivity contribution is -0.161. The SMILES string of the molecule is CC(C)(O/N=C(\C(=O)N[C@@H]1C(=O)N(S(=O)(=O)O)[C@@H]1CN1C[C@@H](CN)OC1=O)c1csc(N)n1)C(=O)O.CC(C)(O/N=C(\C(=O)N[C@@H]1C(=O)N(S(=O)(=O)O)[C@@H]1CN1C[C@@H](CN=C(N)N)OC1=O)c1csc(N)n1)C(=O)O. The van der Waals surface area contributed by atoms with Gasteiger partial charge in [0.15, 0.2) is 27.6 Å². The van der Waals surface area contributed by atoms with Crippen LogP contribution in [-0.4, -0.2) is 217 Å². The van der Waals surface area contributed by atoms with Gasteiger partial charge in [-0.25, -0.2) is 42.7 Å². The van der Waals surface area contributed by atoms with Crippen molar-refractivity contribution in [1.29, 1.82) is 0 Å². The summed E-state index contributed by atoms with van der Waals surface area (Å²) in [5.74, 6) is -7.66. The molecule has 75 heavy (non-hydrogen) atoms. The fraction of sp³-hybridized carbons (Fsp3) is 0.514. The maximum atomic E-state index is 13.1. The Labute approximate surface area is 430 Å². The van der Waals surface area contributed by atoms with Crippen LogP contribution in [0.2, 0.25) is 0 Å². The van der Waals surface area contributed by atoms with Crippen LogP contribution in [0.1, 0.15) is 39.1 Å². The minimum atomic E-state index is -5.08. The number of carbonyl (C=O) groups is 8. The normalized spacial score (nSPS) is 22.2. The molecule has 6 atom stereocenters. The zero-order chi connectivity index (χ0) is 56.3. The lowest BCUT2D eigenvalue weighted by Crippen LogP contribution is -2.74. The van der Waals surface area contributed by atoms with Crippen LogP contribution in [0.5, 0.6) is 0 Å². The zero-order valence-electron chi connectivity index (χ0n) is 39.2. The molecule has 6 heterocycles. The second-order valence-electron chi connectivity index (χ2n) is 16.9. The van der Waals surface area contributed by atoms with Crippen molar-refractivity contribution < 1.29 is 93.7 Å². The Balaban J connectivity index is 0.000000278. The fourth-order valence-electron chi connectivity index (χ4n) is 6.62. The van der Waals surface area contributed by atoms with Crippen molar-refractivity contribution in [2.45, 2.75) is 75.3 Å². The third kappa shape index (κ3) is 13.7. The topological polar surface area (TPSA) is 553 Å². The highest BCUT2D eigenvalue weighted by Gasteiger charge is 2.57. The van der Waals surface area contributed by atoms with Crippen LogP contribution in [-0.2, 0) is 68.5 Å². The number of nitrogens with zero attached hydrogens (tertiary/aromatic N) is 9. The summed E-state index contributed by atoms with van der Waals surface area (Å²) in [5.41, 5.74) is 22.1. The van der Waals surface area contributed by atoms with Crippen molar-refractivity contribution >= 4 is 119 Å². The van der Waals surface area contributed by atoms with Gasteiger partial charge in [-0.05, 0) is 27.7 Å². The molecule has 0 spiro atoms. The molecule has 0 aromatic carbocycles. The Morgan fingerprint density at radius 2 is 1.11 bits per heavy atom. The number of cyclic esters (lactones) is 2. The molecule has 4 aliphatic heterocycles. The van der Waals surface area contributed by atoms with Crippen LogP contribution in [0.3, 0.4) is 0 Å². The molecule has 0 unspecified atom stereocenters. The summed E-state index contributed by atoms with van der Waals surface area (Å²) in [7, 11) is -10.1. The van der Waals surface area contributed by atoms with Crippen molar-refractivity contribution in [3.8, 4) is 0 Å². The zero-order valence-corrected chi connectivity index (χ0v) is 42.5. The number of carboxylic acids is 2. The Kier molecular flexibility index (Phi) is 17.3. The maximum absolute atomic E-state index is 13.1. The number of anilines is 2. The number of hydrogen-bond acceptors (Lipinski definition) is 26. The predicted molar refractivity (Wildman–Crippen MR) is 253 cm³/mol. The van der Waals surface area contributed by atoms with Crippen molar-refractivity contribution in [3.63, 3.8) is 0 Å². The number of guanidine groups is 1. The molecule has 0 radical (unpaired) electrons. The number of β-lactam (4-membered cyclic amide) rings is 2. The highest BCUT2D eigenvalue weighted by molar-refractivity contribution is 7.84. The van der Waals surface area contributed by atoms with Crippen LogP contribution in [0.25, 0.3) is 0 Å². The quantitative estimate of drug-likeness (QED) is 0.0183. The second-order valence-corrected chi connectivity index (χ2v) is 21.3. The van der Waals surface area contributed by atoms with Gasteiger partial charge in [0.05, 0.1) is 31.7 Å². The molecule has 412 valence electrons. The van der Waals surface area contributed by atoms with Gasteiger partial charge >= 0.3 is 44.7 Å². The van der Waals surface area contributed by atoms with Crippen molar-refractivity contribution in [3.05, 3.63) is 22.1 Å². The number of nitrogen functional groups attached to an aromatic ring is 2. The number of nitrogens with two attached hydrogens (primary N) is 5. The number of aliphatic carboxylic acids is 2. The van der Waals surface area contributed by atoms with E-state index in [9.17, 15) is 74.5 Å². The molecular formula is C35H48N16O20S4. The number of oxime groups is 2. The van der Waals surface area contributed by atoms with Gasteiger partial charge in [0.25, 0.3) is 23.6 Å². The average Bonchev–Trinajstić information content (AvgIpc) is 4.10. The van der Waals surface area contributed by atoms with E-state index in [1.54, 1.807) is 0 Å². The Bertz CT molecular complexity index is 2940. The number of thiazole rings is 2. The van der Waals surface area contributed by atoms with Gasteiger partial charge in [-0.15, -0.1) is 22.7 Å². The Hall–Kier alpha value is -7.79. The monoisotopic (exact) mass is 1140 g/mol. The summed E-state index contributed by atoms with van der Waals surface area (Å²) in [4.78, 5) is 122. The number of nitrogens with one attached hydrogen (secondary N) is 2. The number of amides is 6. The van der Waals surface area contributed by atoms with Crippen LogP contribution in [0, 0.1) is 0 Å². The molecule has 16 N–H and O–H groups in total. The van der Waals surface area contributed by atoms with Crippen molar-refractivity contribution in [1.82, 2.24) is 39.0 Å². The van der Waals surface area contributed by atoms with Gasteiger partial charge in [-0.1, -0.05) is 10.3 Å². The number of ether oxygens (including phenoxy) is 2. The molecule has 4 fully saturated rings. The third-order valence-corrected chi connectivity index (χ3v) is 13.8. The number of aromatic nitrogens is 2. The predicted octanol–water partition coefficient (Wildman–Crippen LogP) is -5.51. The first-order valence-corrected chi connectivity index (χ1v) is 25.5. The van der Waals surface area contributed by atoms with Gasteiger partial charge in [0, 0.05) is 30.4 Å². The molecule has 2 aromatic rings. The van der Waals surface area contributed by atoms with Gasteiger partial charge in [0.2, 0.25) is 11.2 Å². The highest BCUT2D eigenvalue weighted by Crippen LogP contribution is 2.29. The van der Waals surface area contributed by atoms with E-state index >= 15 is 0 Å². The van der Waals surface area contributed by atoms with Crippen molar-refractivity contribution in [2.24, 2.45) is 32.5 Å². The first kappa shape index (κ1) is 58.1. The molecule has 6 amide bonds. The molecule has 0 saturated carbocycles. The van der Waals surface area contributed by atoms with E-state index in [0.717, 1.165) is 46.3 Å². The summed E-state index contributed by atoms with van der Waals surface area (Å²) in [6, 6.07) is -5.96. The van der Waals surface area contributed by atoms with Gasteiger partial charge < -0.3 is 78.5 Å². The summed E-state index contributed by atoms with van der Waals surface area (Å²) < 4.78 is 76.5. The molecule has 40 heteroatoms. The number of rotatable bonds is 21. The summed E-state index contributed by atoms with van der Waals surface area (Å²) in [6.45, 7) is 3.56. The lowest BCUT2D eigenvalue weighted by atomic mass is 9.97. The van der Waals surface area contributed by atoms with Crippen LogP contribution < -0.4 is 39.3 Å². The molecule has 6 rings (SSSR count). The van der Waals surface area contributed by atoms with Gasteiger partial charge in [-0.2, -0.15) is 16.8 Å². The summed E-state index contributed by atoms with van der Waals surface area (Å²) in [5, 5.41) is 32.9. The van der Waals surface area contributed by atoms with E-state index in [1.165, 1.54) is 24.6 Å². The van der Waals surface area contributed by atoms with Crippen molar-refractivity contribution in [2.75, 3.05) is 50.7 Å². The molecule has 4 saturated heterocycles. The summed E-state index contributed by atoms with van der Waals surface area (Å²) in [6.07, 6.45) is -3.15. The van der Waals surface area contributed by atoms with E-state index in [-0.39, 0.29) is 62.4 Å². The number of carbonyl (C=O) groups excluding carboxylic acids is 6. The summed E-state index contributed by atoms with van der Waals surface area (Å²) >= 11 is 1.86.